The summed E-state index contributed by atoms with van der Waals surface area (Å²) in [6.45, 7) is 6.83. The highest BCUT2D eigenvalue weighted by Gasteiger charge is 2.36. The Labute approximate surface area is 175 Å². The minimum atomic E-state index is -0.170. The van der Waals surface area contributed by atoms with Gasteiger partial charge in [0.2, 0.25) is 5.95 Å². The van der Waals surface area contributed by atoms with Crippen LogP contribution in [0, 0.1) is 5.41 Å². The number of methoxy groups -OCH3 is 1. The third-order valence-corrected chi connectivity index (χ3v) is 5.57. The molecule has 160 valence electrons. The number of likely N-dealkylation sites (tertiary alicyclic amines) is 1. The second-order valence-corrected chi connectivity index (χ2v) is 8.08. The summed E-state index contributed by atoms with van der Waals surface area (Å²) < 4.78 is 12.8. The molecule has 9 nitrogen and oxygen atoms in total. The van der Waals surface area contributed by atoms with Crippen molar-refractivity contribution in [1.29, 1.82) is 0 Å². The van der Waals surface area contributed by atoms with Gasteiger partial charge in [-0.15, -0.1) is 0 Å². The first kappa shape index (κ1) is 20.2. The van der Waals surface area contributed by atoms with E-state index in [1.54, 1.807) is 18.0 Å². The fourth-order valence-corrected chi connectivity index (χ4v) is 3.93. The molecular weight excluding hydrogens is 384 g/mol. The lowest BCUT2D eigenvalue weighted by molar-refractivity contribution is 0.0672. The maximum Gasteiger partial charge on any atom is 0.324 e. The number of aryl methyl sites for hydroxylation is 1. The number of anilines is 1. The van der Waals surface area contributed by atoms with Gasteiger partial charge in [-0.05, 0) is 25.5 Å². The molecule has 0 aliphatic carbocycles. The SMILES string of the molecule is CCOC[C@]1(C)CCN(C(=O)Nc2nc3c(-c4cnn(C)c4)ccc(OC)c3[nH]2)C1. The number of rotatable bonds is 6. The Balaban J connectivity index is 1.57. The van der Waals surface area contributed by atoms with E-state index >= 15 is 0 Å². The summed E-state index contributed by atoms with van der Waals surface area (Å²) in [5, 5.41) is 7.15. The van der Waals surface area contributed by atoms with Gasteiger partial charge in [0.1, 0.15) is 16.8 Å². The van der Waals surface area contributed by atoms with Crippen LogP contribution in [0.4, 0.5) is 10.7 Å². The largest absolute Gasteiger partial charge is 0.494 e. The summed E-state index contributed by atoms with van der Waals surface area (Å²) >= 11 is 0. The molecule has 2 amide bonds. The lowest BCUT2D eigenvalue weighted by Gasteiger charge is -2.24. The molecule has 1 aliphatic heterocycles. The van der Waals surface area contributed by atoms with Gasteiger partial charge in [0.25, 0.3) is 0 Å². The van der Waals surface area contributed by atoms with Crippen LogP contribution in [0.5, 0.6) is 5.75 Å². The van der Waals surface area contributed by atoms with Crippen LogP contribution < -0.4 is 10.1 Å². The average molecular weight is 412 g/mol. The molecular formula is C21H28N6O3. The van der Waals surface area contributed by atoms with Crippen LogP contribution >= 0.6 is 0 Å². The molecule has 1 fully saturated rings. The van der Waals surface area contributed by atoms with Gasteiger partial charge in [-0.1, -0.05) is 6.92 Å². The summed E-state index contributed by atoms with van der Waals surface area (Å²) in [4.78, 5) is 22.5. The fraction of sp³-hybridized carbons (Fsp3) is 0.476. The summed E-state index contributed by atoms with van der Waals surface area (Å²) in [6.07, 6.45) is 4.63. The van der Waals surface area contributed by atoms with Crippen LogP contribution in [0.3, 0.4) is 0 Å². The Morgan fingerprint density at radius 3 is 2.93 bits per heavy atom. The van der Waals surface area contributed by atoms with Crippen molar-refractivity contribution in [2.24, 2.45) is 12.5 Å². The second-order valence-electron chi connectivity index (χ2n) is 8.08. The number of hydrogen-bond acceptors (Lipinski definition) is 5. The number of aromatic nitrogens is 4. The topological polar surface area (TPSA) is 97.3 Å². The van der Waals surface area contributed by atoms with Crippen LogP contribution in [0.25, 0.3) is 22.2 Å². The van der Waals surface area contributed by atoms with Crippen molar-refractivity contribution in [3.8, 4) is 16.9 Å². The van der Waals surface area contributed by atoms with Gasteiger partial charge in [0, 0.05) is 49.5 Å². The van der Waals surface area contributed by atoms with Crippen LogP contribution in [-0.4, -0.2) is 64.1 Å². The Morgan fingerprint density at radius 2 is 2.23 bits per heavy atom. The smallest absolute Gasteiger partial charge is 0.324 e. The van der Waals surface area contributed by atoms with Crippen molar-refractivity contribution < 1.29 is 14.3 Å². The number of aromatic amines is 1. The molecule has 30 heavy (non-hydrogen) atoms. The summed E-state index contributed by atoms with van der Waals surface area (Å²) in [6, 6.07) is 3.66. The Bertz CT molecular complexity index is 1060. The van der Waals surface area contributed by atoms with Crippen molar-refractivity contribution in [2.75, 3.05) is 38.7 Å². The molecule has 1 aliphatic rings. The molecule has 0 unspecified atom stereocenters. The van der Waals surface area contributed by atoms with Crippen molar-refractivity contribution in [1.82, 2.24) is 24.6 Å². The van der Waals surface area contributed by atoms with Crippen LogP contribution in [0.15, 0.2) is 24.5 Å². The number of hydrogen-bond donors (Lipinski definition) is 2. The molecule has 0 spiro atoms. The van der Waals surface area contributed by atoms with Crippen molar-refractivity contribution in [2.45, 2.75) is 20.3 Å². The van der Waals surface area contributed by atoms with E-state index in [0.717, 1.165) is 28.6 Å². The van der Waals surface area contributed by atoms with Gasteiger partial charge in [0.05, 0.1) is 19.9 Å². The fourth-order valence-electron chi connectivity index (χ4n) is 3.93. The molecule has 0 radical (unpaired) electrons. The first-order chi connectivity index (χ1) is 14.4. The van der Waals surface area contributed by atoms with E-state index < -0.39 is 0 Å². The highest BCUT2D eigenvalue weighted by atomic mass is 16.5. The predicted molar refractivity (Wildman–Crippen MR) is 115 cm³/mol. The van der Waals surface area contributed by atoms with Gasteiger partial charge < -0.3 is 19.4 Å². The van der Waals surface area contributed by atoms with Crippen molar-refractivity contribution in [3.63, 3.8) is 0 Å². The Hall–Kier alpha value is -3.07. The Kier molecular flexibility index (Phi) is 5.38. The minimum Gasteiger partial charge on any atom is -0.494 e. The van der Waals surface area contributed by atoms with E-state index in [4.69, 9.17) is 9.47 Å². The van der Waals surface area contributed by atoms with Crippen molar-refractivity contribution in [3.05, 3.63) is 24.5 Å². The number of urea groups is 1. The molecule has 1 aromatic carbocycles. The zero-order valence-corrected chi connectivity index (χ0v) is 17.9. The number of imidazole rings is 1. The quantitative estimate of drug-likeness (QED) is 0.648. The molecule has 0 saturated carbocycles. The average Bonchev–Trinajstić information content (AvgIpc) is 3.44. The van der Waals surface area contributed by atoms with Crippen LogP contribution in [0.2, 0.25) is 0 Å². The number of nitrogens with one attached hydrogen (secondary N) is 2. The lowest BCUT2D eigenvalue weighted by atomic mass is 9.91. The van der Waals surface area contributed by atoms with Crippen molar-refractivity contribution >= 4 is 23.0 Å². The lowest BCUT2D eigenvalue weighted by Crippen LogP contribution is -2.36. The normalized spacial score (nSPS) is 18.9. The molecule has 1 atom stereocenters. The highest BCUT2D eigenvalue weighted by Crippen LogP contribution is 2.34. The Morgan fingerprint density at radius 1 is 1.40 bits per heavy atom. The third kappa shape index (κ3) is 3.85. The number of benzene rings is 1. The highest BCUT2D eigenvalue weighted by molar-refractivity contribution is 5.98. The molecule has 1 saturated heterocycles. The monoisotopic (exact) mass is 412 g/mol. The van der Waals surface area contributed by atoms with Gasteiger partial charge in [-0.2, -0.15) is 5.10 Å². The van der Waals surface area contributed by atoms with Crippen LogP contribution in [0.1, 0.15) is 20.3 Å². The van der Waals surface area contributed by atoms with Gasteiger partial charge in [-0.25, -0.2) is 9.78 Å². The summed E-state index contributed by atoms with van der Waals surface area (Å²) in [7, 11) is 3.48. The number of carbonyl (C=O) groups is 1. The summed E-state index contributed by atoms with van der Waals surface area (Å²) in [5.74, 6) is 1.05. The second kappa shape index (κ2) is 7.98. The minimum absolute atomic E-state index is 0.0159. The molecule has 4 rings (SSSR count). The predicted octanol–water partition coefficient (Wildman–Crippen LogP) is 3.25. The van der Waals surface area contributed by atoms with Crippen LogP contribution in [-0.2, 0) is 11.8 Å². The van der Waals surface area contributed by atoms with E-state index in [-0.39, 0.29) is 11.4 Å². The van der Waals surface area contributed by atoms with Gasteiger partial charge in [-0.3, -0.25) is 10.00 Å². The van der Waals surface area contributed by atoms with E-state index in [1.807, 2.05) is 37.2 Å². The maximum absolute atomic E-state index is 12.8. The molecule has 9 heteroatoms. The molecule has 0 bridgehead atoms. The number of fused-ring (bicyclic) bond motifs is 1. The number of ether oxygens (including phenoxy) is 2. The molecule has 3 heterocycles. The maximum atomic E-state index is 12.8. The first-order valence-corrected chi connectivity index (χ1v) is 10.1. The van der Waals surface area contributed by atoms with Gasteiger partial charge in [0.15, 0.2) is 0 Å². The number of nitrogens with zero attached hydrogens (tertiary/aromatic N) is 4. The number of carbonyl (C=O) groups excluding carboxylic acids is 1. The number of H-pyrrole nitrogens is 1. The molecule has 2 N–H and O–H groups in total. The first-order valence-electron chi connectivity index (χ1n) is 10.1. The molecule has 3 aromatic rings. The van der Waals surface area contributed by atoms with E-state index in [9.17, 15) is 4.79 Å². The zero-order chi connectivity index (χ0) is 21.3. The molecule has 2 aromatic heterocycles. The summed E-state index contributed by atoms with van der Waals surface area (Å²) in [5.41, 5.74) is 3.30. The van der Waals surface area contributed by atoms with Gasteiger partial charge >= 0.3 is 6.03 Å². The zero-order valence-electron chi connectivity index (χ0n) is 17.9. The third-order valence-electron chi connectivity index (χ3n) is 5.57. The van der Waals surface area contributed by atoms with E-state index in [1.165, 1.54) is 0 Å². The standard InChI is InChI=1S/C21H28N6O3/c1-5-30-13-21(2)8-9-27(12-21)20(28)25-19-23-17-15(14-10-22-26(3)11-14)6-7-16(29-4)18(17)24-19/h6-7,10-11H,5,8-9,12-13H2,1-4H3,(H2,23,24,25,28)/t21-/m1/s1. The van der Waals surface area contributed by atoms with E-state index in [0.29, 0.717) is 38.0 Å². The van der Waals surface area contributed by atoms with E-state index in [2.05, 4.69) is 27.3 Å². The number of amides is 2.